The molecule has 19 heavy (non-hydrogen) atoms. The fraction of sp³-hybridized carbons (Fsp3) is 0.500. The van der Waals surface area contributed by atoms with E-state index in [1.54, 1.807) is 12.1 Å². The fourth-order valence-electron chi connectivity index (χ4n) is 2.51. The van der Waals surface area contributed by atoms with Crippen molar-refractivity contribution < 1.29 is 9.18 Å². The van der Waals surface area contributed by atoms with Crippen LogP contribution in [-0.4, -0.2) is 17.3 Å². The minimum absolute atomic E-state index is 0.105. The molecule has 0 aliphatic heterocycles. The van der Waals surface area contributed by atoms with Crippen molar-refractivity contribution in [1.29, 1.82) is 0 Å². The molecule has 5 heteroatoms. The van der Waals surface area contributed by atoms with Gasteiger partial charge >= 0.3 is 0 Å². The summed E-state index contributed by atoms with van der Waals surface area (Å²) in [5.74, 6) is -0.379. The highest BCUT2D eigenvalue weighted by molar-refractivity contribution is 9.10. The minimum atomic E-state index is -0.494. The zero-order chi connectivity index (χ0) is 13.8. The van der Waals surface area contributed by atoms with E-state index in [1.165, 1.54) is 12.5 Å². The van der Waals surface area contributed by atoms with Crippen molar-refractivity contribution in [2.24, 2.45) is 5.92 Å². The molecule has 2 nitrogen and oxygen atoms in total. The smallest absolute Gasteiger partial charge is 0.254 e. The van der Waals surface area contributed by atoms with E-state index in [0.717, 1.165) is 24.6 Å². The number of nitrogens with one attached hydrogen (secondary N) is 1. The highest BCUT2D eigenvalue weighted by atomic mass is 79.9. The van der Waals surface area contributed by atoms with Gasteiger partial charge in [-0.15, -0.1) is 0 Å². The van der Waals surface area contributed by atoms with Gasteiger partial charge in [0, 0.05) is 11.4 Å². The van der Waals surface area contributed by atoms with E-state index in [1.807, 2.05) is 0 Å². The van der Waals surface area contributed by atoms with Crippen molar-refractivity contribution in [3.8, 4) is 0 Å². The van der Waals surface area contributed by atoms with Gasteiger partial charge in [-0.3, -0.25) is 4.79 Å². The number of halogens is 3. The maximum Gasteiger partial charge on any atom is 0.254 e. The lowest BCUT2D eigenvalue weighted by Gasteiger charge is -2.31. The normalized spacial score (nSPS) is 23.1. The van der Waals surface area contributed by atoms with Gasteiger partial charge in [-0.2, -0.15) is 0 Å². The molecule has 0 heterocycles. The summed E-state index contributed by atoms with van der Waals surface area (Å²) in [6.45, 7) is 0. The standard InChI is InChI=1S/C14H16Br2FNO/c15-8-9-4-1-2-7-12(9)18-14(19)10-5-3-6-11(16)13(10)17/h3,5-6,9,12H,1-2,4,7-8H2,(H,18,19). The Morgan fingerprint density at radius 3 is 2.84 bits per heavy atom. The maximum absolute atomic E-state index is 13.9. The van der Waals surface area contributed by atoms with E-state index >= 15 is 0 Å². The van der Waals surface area contributed by atoms with Gasteiger partial charge in [0.1, 0.15) is 5.82 Å². The van der Waals surface area contributed by atoms with Gasteiger partial charge < -0.3 is 5.32 Å². The molecule has 2 rings (SSSR count). The Morgan fingerprint density at radius 1 is 1.37 bits per heavy atom. The highest BCUT2D eigenvalue weighted by Gasteiger charge is 2.26. The van der Waals surface area contributed by atoms with E-state index in [2.05, 4.69) is 37.2 Å². The third kappa shape index (κ3) is 3.57. The first-order valence-corrected chi connectivity index (χ1v) is 8.35. The van der Waals surface area contributed by atoms with Gasteiger partial charge in [0.15, 0.2) is 0 Å². The first kappa shape index (κ1) is 15.0. The molecule has 0 saturated heterocycles. The van der Waals surface area contributed by atoms with E-state index in [9.17, 15) is 9.18 Å². The lowest BCUT2D eigenvalue weighted by Crippen LogP contribution is -2.43. The van der Waals surface area contributed by atoms with Gasteiger partial charge in [0.05, 0.1) is 10.0 Å². The van der Waals surface area contributed by atoms with Crippen LogP contribution in [0.2, 0.25) is 0 Å². The third-order valence-electron chi connectivity index (χ3n) is 3.62. The first-order valence-electron chi connectivity index (χ1n) is 6.44. The molecular formula is C14H16Br2FNO. The molecule has 104 valence electrons. The Balaban J connectivity index is 2.09. The van der Waals surface area contributed by atoms with E-state index in [-0.39, 0.29) is 17.5 Å². The maximum atomic E-state index is 13.9. The molecule has 1 amide bonds. The Morgan fingerprint density at radius 2 is 2.11 bits per heavy atom. The van der Waals surface area contributed by atoms with Crippen LogP contribution in [-0.2, 0) is 0 Å². The van der Waals surface area contributed by atoms with E-state index < -0.39 is 5.82 Å². The highest BCUT2D eigenvalue weighted by Crippen LogP contribution is 2.26. The van der Waals surface area contributed by atoms with Crippen molar-refractivity contribution in [3.05, 3.63) is 34.1 Å². The average Bonchev–Trinajstić information content (AvgIpc) is 2.42. The monoisotopic (exact) mass is 391 g/mol. The number of alkyl halides is 1. The second-order valence-corrected chi connectivity index (χ2v) is 6.38. The van der Waals surface area contributed by atoms with Crippen LogP contribution >= 0.6 is 31.9 Å². The average molecular weight is 393 g/mol. The fourth-order valence-corrected chi connectivity index (χ4v) is 3.65. The van der Waals surface area contributed by atoms with Crippen LogP contribution in [0.5, 0.6) is 0 Å². The molecular weight excluding hydrogens is 377 g/mol. The lowest BCUT2D eigenvalue weighted by atomic mass is 9.86. The minimum Gasteiger partial charge on any atom is -0.349 e. The van der Waals surface area contributed by atoms with Crippen molar-refractivity contribution in [2.45, 2.75) is 31.7 Å². The lowest BCUT2D eigenvalue weighted by molar-refractivity contribution is 0.0907. The number of amides is 1. The number of carbonyl (C=O) groups excluding carboxylic acids is 1. The predicted molar refractivity (Wildman–Crippen MR) is 81.1 cm³/mol. The molecule has 0 radical (unpaired) electrons. The largest absolute Gasteiger partial charge is 0.349 e. The predicted octanol–water partition coefficient (Wildman–Crippen LogP) is 4.27. The molecule has 1 fully saturated rings. The summed E-state index contributed by atoms with van der Waals surface area (Å²) < 4.78 is 14.2. The van der Waals surface area contributed by atoms with E-state index in [0.29, 0.717) is 10.4 Å². The van der Waals surface area contributed by atoms with Crippen LogP contribution in [0.3, 0.4) is 0 Å². The number of hydrogen-bond acceptors (Lipinski definition) is 1. The Bertz CT molecular complexity index is 467. The number of carbonyl (C=O) groups is 1. The van der Waals surface area contributed by atoms with Crippen molar-refractivity contribution >= 4 is 37.8 Å². The summed E-state index contributed by atoms with van der Waals surface area (Å²) in [7, 11) is 0. The molecule has 2 atom stereocenters. The molecule has 1 aliphatic carbocycles. The topological polar surface area (TPSA) is 29.1 Å². The summed E-state index contributed by atoms with van der Waals surface area (Å²) in [6.07, 6.45) is 4.40. The van der Waals surface area contributed by atoms with Crippen molar-refractivity contribution in [1.82, 2.24) is 5.32 Å². The van der Waals surface area contributed by atoms with Crippen LogP contribution in [0.25, 0.3) is 0 Å². The van der Waals surface area contributed by atoms with Gasteiger partial charge in [-0.25, -0.2) is 4.39 Å². The zero-order valence-electron chi connectivity index (χ0n) is 10.5. The van der Waals surface area contributed by atoms with Gasteiger partial charge in [-0.1, -0.05) is 34.8 Å². The molecule has 1 aromatic rings. The molecule has 1 saturated carbocycles. The van der Waals surface area contributed by atoms with Crippen molar-refractivity contribution in [2.75, 3.05) is 5.33 Å². The number of rotatable bonds is 3. The number of hydrogen-bond donors (Lipinski definition) is 1. The molecule has 1 aliphatic rings. The Kier molecular flexibility index (Phi) is 5.39. The van der Waals surface area contributed by atoms with Gasteiger partial charge in [0.2, 0.25) is 0 Å². The Labute approximate surface area is 129 Å². The van der Waals surface area contributed by atoms with Crippen molar-refractivity contribution in [3.63, 3.8) is 0 Å². The second kappa shape index (κ2) is 6.84. The van der Waals surface area contributed by atoms with E-state index in [4.69, 9.17) is 0 Å². The zero-order valence-corrected chi connectivity index (χ0v) is 13.6. The van der Waals surface area contributed by atoms with Crippen LogP contribution < -0.4 is 5.32 Å². The SMILES string of the molecule is O=C(NC1CCCCC1CBr)c1cccc(Br)c1F. The summed E-state index contributed by atoms with van der Waals surface area (Å²) in [4.78, 5) is 12.2. The van der Waals surface area contributed by atoms with Gasteiger partial charge in [-0.05, 0) is 46.8 Å². The van der Waals surface area contributed by atoms with Crippen LogP contribution in [0, 0.1) is 11.7 Å². The number of benzene rings is 1. The quantitative estimate of drug-likeness (QED) is 0.764. The third-order valence-corrected chi connectivity index (χ3v) is 5.06. The van der Waals surface area contributed by atoms with Gasteiger partial charge in [0.25, 0.3) is 5.91 Å². The molecule has 0 spiro atoms. The molecule has 1 aromatic carbocycles. The van der Waals surface area contributed by atoms with Crippen LogP contribution in [0.1, 0.15) is 36.0 Å². The molecule has 0 aromatic heterocycles. The summed E-state index contributed by atoms with van der Waals surface area (Å²) >= 11 is 6.59. The van der Waals surface area contributed by atoms with Crippen LogP contribution in [0.15, 0.2) is 22.7 Å². The second-order valence-electron chi connectivity index (χ2n) is 4.88. The summed E-state index contributed by atoms with van der Waals surface area (Å²) in [5.41, 5.74) is 0.105. The van der Waals surface area contributed by atoms with Crippen LogP contribution in [0.4, 0.5) is 4.39 Å². The molecule has 2 unspecified atom stereocenters. The summed E-state index contributed by atoms with van der Waals surface area (Å²) in [6, 6.07) is 4.92. The molecule has 0 bridgehead atoms. The molecule has 1 N–H and O–H groups in total. The Hall–Kier alpha value is -0.420. The summed E-state index contributed by atoms with van der Waals surface area (Å²) in [5, 5.41) is 3.85. The first-order chi connectivity index (χ1) is 9.13.